The topological polar surface area (TPSA) is 33.1 Å². The maximum absolute atomic E-state index is 13.3. The Balaban J connectivity index is 2.33. The van der Waals surface area contributed by atoms with Crippen molar-refractivity contribution in [2.75, 3.05) is 0 Å². The van der Waals surface area contributed by atoms with Gasteiger partial charge in [0.15, 0.2) is 0 Å². The van der Waals surface area contributed by atoms with Crippen molar-refractivity contribution in [2.45, 2.75) is 0 Å². The van der Waals surface area contributed by atoms with Gasteiger partial charge in [-0.3, -0.25) is 4.98 Å². The van der Waals surface area contributed by atoms with Gasteiger partial charge in [-0.2, -0.15) is 0 Å². The Bertz CT molecular complexity index is 768. The maximum atomic E-state index is 13.3. The summed E-state index contributed by atoms with van der Waals surface area (Å²) in [6.07, 6.45) is 1.67. The van der Waals surface area contributed by atoms with Gasteiger partial charge in [0.25, 0.3) is 0 Å². The Morgan fingerprint density at radius 1 is 1.05 bits per heavy atom. The number of aromatic hydroxyl groups is 1. The van der Waals surface area contributed by atoms with E-state index in [0.717, 1.165) is 22.5 Å². The van der Waals surface area contributed by atoms with Crippen LogP contribution in [0.4, 0.5) is 4.39 Å². The lowest BCUT2D eigenvalue weighted by molar-refractivity contribution is 0.471. The molecule has 0 radical (unpaired) electrons. The summed E-state index contributed by atoms with van der Waals surface area (Å²) in [5, 5.41) is 10.8. The van der Waals surface area contributed by atoms with Crippen LogP contribution in [0.15, 0.2) is 48.7 Å². The number of halogens is 2. The van der Waals surface area contributed by atoms with E-state index < -0.39 is 5.82 Å². The SMILES string of the molecule is Oc1cc(F)c(Cl)cc1-c1cccc2cccnc12. The standard InChI is InChI=1S/C15H9ClFNO/c16-12-7-11(14(19)8-13(12)17)10-5-1-3-9-4-2-6-18-15(9)10/h1-8,19H. The highest BCUT2D eigenvalue weighted by molar-refractivity contribution is 6.31. The van der Waals surface area contributed by atoms with Crippen LogP contribution in [-0.2, 0) is 0 Å². The Morgan fingerprint density at radius 3 is 2.68 bits per heavy atom. The van der Waals surface area contributed by atoms with Gasteiger partial charge in [0, 0.05) is 28.8 Å². The fourth-order valence-electron chi connectivity index (χ4n) is 2.07. The number of phenolic OH excluding ortho intramolecular Hbond substituents is 1. The normalized spacial score (nSPS) is 10.8. The third-order valence-electron chi connectivity index (χ3n) is 2.96. The highest BCUT2D eigenvalue weighted by Crippen LogP contribution is 2.36. The largest absolute Gasteiger partial charge is 0.507 e. The van der Waals surface area contributed by atoms with Crippen molar-refractivity contribution in [2.24, 2.45) is 0 Å². The quantitative estimate of drug-likeness (QED) is 0.713. The summed E-state index contributed by atoms with van der Waals surface area (Å²) in [4.78, 5) is 4.30. The smallest absolute Gasteiger partial charge is 0.145 e. The zero-order chi connectivity index (χ0) is 13.4. The Labute approximate surface area is 114 Å². The molecule has 2 nitrogen and oxygen atoms in total. The molecular weight excluding hydrogens is 265 g/mol. The first kappa shape index (κ1) is 11.9. The number of benzene rings is 2. The molecule has 0 saturated heterocycles. The highest BCUT2D eigenvalue weighted by Gasteiger charge is 2.12. The van der Waals surface area contributed by atoms with Gasteiger partial charge < -0.3 is 5.11 Å². The van der Waals surface area contributed by atoms with Gasteiger partial charge in [0.2, 0.25) is 0 Å². The monoisotopic (exact) mass is 273 g/mol. The van der Waals surface area contributed by atoms with Crippen molar-refractivity contribution in [3.05, 3.63) is 59.5 Å². The van der Waals surface area contributed by atoms with Crippen LogP contribution in [0.25, 0.3) is 22.0 Å². The van der Waals surface area contributed by atoms with E-state index in [0.29, 0.717) is 5.56 Å². The molecule has 1 aromatic heterocycles. The van der Waals surface area contributed by atoms with Crippen LogP contribution < -0.4 is 0 Å². The van der Waals surface area contributed by atoms with Gasteiger partial charge in [0.05, 0.1) is 10.5 Å². The molecule has 0 unspecified atom stereocenters. The zero-order valence-electron chi connectivity index (χ0n) is 9.77. The van der Waals surface area contributed by atoms with E-state index in [4.69, 9.17) is 11.6 Å². The third kappa shape index (κ3) is 2.02. The van der Waals surface area contributed by atoms with E-state index in [2.05, 4.69) is 4.98 Å². The molecule has 0 aliphatic heterocycles. The van der Waals surface area contributed by atoms with Gasteiger partial charge in [0.1, 0.15) is 11.6 Å². The van der Waals surface area contributed by atoms with Crippen molar-refractivity contribution in [1.82, 2.24) is 4.98 Å². The Morgan fingerprint density at radius 2 is 1.84 bits per heavy atom. The minimum absolute atomic E-state index is 0.0271. The molecular formula is C15H9ClFNO. The lowest BCUT2D eigenvalue weighted by Gasteiger charge is -2.09. The number of hydrogen-bond donors (Lipinski definition) is 1. The van der Waals surface area contributed by atoms with E-state index >= 15 is 0 Å². The number of fused-ring (bicyclic) bond motifs is 1. The zero-order valence-corrected chi connectivity index (χ0v) is 10.5. The average Bonchev–Trinajstić information content (AvgIpc) is 2.42. The molecule has 0 atom stereocenters. The fraction of sp³-hybridized carbons (Fsp3) is 0. The van der Waals surface area contributed by atoms with E-state index in [1.165, 1.54) is 6.07 Å². The Hall–Kier alpha value is -2.13. The van der Waals surface area contributed by atoms with Crippen LogP contribution >= 0.6 is 11.6 Å². The van der Waals surface area contributed by atoms with Crippen LogP contribution in [-0.4, -0.2) is 10.1 Å². The number of rotatable bonds is 1. The number of nitrogens with zero attached hydrogens (tertiary/aromatic N) is 1. The average molecular weight is 274 g/mol. The maximum Gasteiger partial charge on any atom is 0.145 e. The minimum Gasteiger partial charge on any atom is -0.507 e. The summed E-state index contributed by atoms with van der Waals surface area (Å²) in [5.41, 5.74) is 1.93. The second-order valence-electron chi connectivity index (χ2n) is 4.16. The minimum atomic E-state index is -0.642. The first-order valence-electron chi connectivity index (χ1n) is 5.69. The number of para-hydroxylation sites is 1. The predicted octanol–water partition coefficient (Wildman–Crippen LogP) is 4.40. The van der Waals surface area contributed by atoms with Crippen LogP contribution in [0.3, 0.4) is 0 Å². The predicted molar refractivity (Wildman–Crippen MR) is 73.8 cm³/mol. The summed E-state index contributed by atoms with van der Waals surface area (Å²) in [5.74, 6) is -0.795. The third-order valence-corrected chi connectivity index (χ3v) is 3.25. The van der Waals surface area contributed by atoms with Crippen LogP contribution in [0.2, 0.25) is 5.02 Å². The molecule has 19 heavy (non-hydrogen) atoms. The van der Waals surface area contributed by atoms with Gasteiger partial charge in [-0.1, -0.05) is 35.9 Å². The molecule has 0 saturated carbocycles. The molecule has 0 bridgehead atoms. The molecule has 2 aromatic carbocycles. The number of phenols is 1. The van der Waals surface area contributed by atoms with Gasteiger partial charge in [-0.05, 0) is 12.1 Å². The van der Waals surface area contributed by atoms with E-state index in [9.17, 15) is 9.50 Å². The van der Waals surface area contributed by atoms with Gasteiger partial charge in [-0.25, -0.2) is 4.39 Å². The molecule has 0 aliphatic carbocycles. The van der Waals surface area contributed by atoms with Gasteiger partial charge >= 0.3 is 0 Å². The number of pyridine rings is 1. The van der Waals surface area contributed by atoms with E-state index in [-0.39, 0.29) is 10.8 Å². The molecule has 4 heteroatoms. The van der Waals surface area contributed by atoms with Crippen molar-refractivity contribution in [1.29, 1.82) is 0 Å². The molecule has 3 aromatic rings. The lowest BCUT2D eigenvalue weighted by Crippen LogP contribution is -1.87. The highest BCUT2D eigenvalue weighted by atomic mass is 35.5. The second kappa shape index (κ2) is 4.52. The van der Waals surface area contributed by atoms with Crippen molar-refractivity contribution in [3.63, 3.8) is 0 Å². The molecule has 94 valence electrons. The summed E-state index contributed by atoms with van der Waals surface area (Å²) < 4.78 is 13.3. The Kier molecular flexibility index (Phi) is 2.84. The van der Waals surface area contributed by atoms with Crippen molar-refractivity contribution < 1.29 is 9.50 Å². The molecule has 3 rings (SSSR count). The number of hydrogen-bond acceptors (Lipinski definition) is 2. The molecule has 0 fully saturated rings. The van der Waals surface area contributed by atoms with Crippen molar-refractivity contribution in [3.8, 4) is 16.9 Å². The van der Waals surface area contributed by atoms with Crippen LogP contribution in [0.1, 0.15) is 0 Å². The molecule has 0 spiro atoms. The summed E-state index contributed by atoms with van der Waals surface area (Å²) in [6, 6.07) is 11.8. The lowest BCUT2D eigenvalue weighted by atomic mass is 10.0. The molecule has 1 N–H and O–H groups in total. The van der Waals surface area contributed by atoms with E-state index in [1.54, 1.807) is 6.20 Å². The summed E-state index contributed by atoms with van der Waals surface area (Å²) in [6.45, 7) is 0. The summed E-state index contributed by atoms with van der Waals surface area (Å²) >= 11 is 5.78. The molecule has 1 heterocycles. The number of aromatic nitrogens is 1. The first-order chi connectivity index (χ1) is 9.16. The van der Waals surface area contributed by atoms with Crippen LogP contribution in [0, 0.1) is 5.82 Å². The van der Waals surface area contributed by atoms with Crippen LogP contribution in [0.5, 0.6) is 5.75 Å². The second-order valence-corrected chi connectivity index (χ2v) is 4.57. The molecule has 0 aliphatic rings. The first-order valence-corrected chi connectivity index (χ1v) is 6.07. The molecule has 0 amide bonds. The van der Waals surface area contributed by atoms with E-state index in [1.807, 2.05) is 30.3 Å². The summed E-state index contributed by atoms with van der Waals surface area (Å²) in [7, 11) is 0. The van der Waals surface area contributed by atoms with Crippen molar-refractivity contribution >= 4 is 22.5 Å². The fourth-order valence-corrected chi connectivity index (χ4v) is 2.24. The van der Waals surface area contributed by atoms with Gasteiger partial charge in [-0.15, -0.1) is 0 Å².